The Kier molecular flexibility index (Phi) is 5.65. The molecule has 1 fully saturated rings. The van der Waals surface area contributed by atoms with Crippen molar-refractivity contribution in [2.24, 2.45) is 0 Å². The second-order valence-electron chi connectivity index (χ2n) is 8.07. The molecule has 1 saturated carbocycles. The number of carbonyl (C=O) groups excluding carboxylic acids is 1. The summed E-state index contributed by atoms with van der Waals surface area (Å²) in [4.78, 5) is 16.0. The molecule has 2 aromatic rings. The van der Waals surface area contributed by atoms with E-state index >= 15 is 0 Å². The molecule has 0 spiro atoms. The number of hydrogen-bond donors (Lipinski definition) is 4. The summed E-state index contributed by atoms with van der Waals surface area (Å²) in [5, 5.41) is 13.3. The summed E-state index contributed by atoms with van der Waals surface area (Å²) >= 11 is 0. The van der Waals surface area contributed by atoms with Crippen LogP contribution in [0.2, 0.25) is 0 Å². The molecule has 0 radical (unpaired) electrons. The summed E-state index contributed by atoms with van der Waals surface area (Å²) in [6.45, 7) is 4.02. The first-order chi connectivity index (χ1) is 14.3. The summed E-state index contributed by atoms with van der Waals surface area (Å²) in [6, 6.07) is 1.95. The van der Waals surface area contributed by atoms with E-state index in [1.165, 1.54) is 0 Å². The van der Waals surface area contributed by atoms with Gasteiger partial charge in [-0.15, -0.1) is 0 Å². The molecule has 1 amide bonds. The highest BCUT2D eigenvalue weighted by molar-refractivity contribution is 7.88. The van der Waals surface area contributed by atoms with Gasteiger partial charge < -0.3 is 15.4 Å². The van der Waals surface area contributed by atoms with Crippen molar-refractivity contribution in [3.05, 3.63) is 35.3 Å². The highest BCUT2D eigenvalue weighted by Gasteiger charge is 2.30. The summed E-state index contributed by atoms with van der Waals surface area (Å²) in [7, 11) is -3.34. The van der Waals surface area contributed by atoms with Gasteiger partial charge in [-0.2, -0.15) is 5.10 Å². The van der Waals surface area contributed by atoms with Crippen LogP contribution in [0.15, 0.2) is 18.5 Å². The Labute approximate surface area is 175 Å². The summed E-state index contributed by atoms with van der Waals surface area (Å²) in [6.07, 6.45) is 5.23. The van der Waals surface area contributed by atoms with Crippen molar-refractivity contribution in [3.8, 4) is 0 Å². The average molecular weight is 435 g/mol. The molecule has 2 atom stereocenters. The van der Waals surface area contributed by atoms with Gasteiger partial charge in [0, 0.05) is 36.5 Å². The SMILES string of the molecule is CC(C)NC(=O)O[C@@H]1CC[C@H](c2cc(Nc3cncc4c3CS(=O)(=O)NC4)n[nH]2)C1. The van der Waals surface area contributed by atoms with Gasteiger partial charge in [0.2, 0.25) is 10.0 Å². The van der Waals surface area contributed by atoms with Gasteiger partial charge in [0.15, 0.2) is 5.82 Å². The molecule has 3 heterocycles. The quantitative estimate of drug-likeness (QED) is 0.566. The number of anilines is 2. The van der Waals surface area contributed by atoms with Gasteiger partial charge in [-0.05, 0) is 44.2 Å². The molecule has 2 aromatic heterocycles. The first-order valence-corrected chi connectivity index (χ1v) is 11.7. The molecule has 0 saturated heterocycles. The van der Waals surface area contributed by atoms with E-state index in [1.807, 2.05) is 19.9 Å². The summed E-state index contributed by atoms with van der Waals surface area (Å²) in [5.74, 6) is 0.722. The largest absolute Gasteiger partial charge is 0.446 e. The maximum atomic E-state index is 11.9. The third-order valence-electron chi connectivity index (χ3n) is 5.33. The van der Waals surface area contributed by atoms with Crippen LogP contribution >= 0.6 is 0 Å². The predicted octanol–water partition coefficient (Wildman–Crippen LogP) is 2.25. The number of nitrogens with one attached hydrogen (secondary N) is 4. The summed E-state index contributed by atoms with van der Waals surface area (Å²) in [5.41, 5.74) is 3.15. The second kappa shape index (κ2) is 8.23. The van der Waals surface area contributed by atoms with E-state index in [2.05, 4.69) is 30.5 Å². The van der Waals surface area contributed by atoms with Crippen LogP contribution in [0.4, 0.5) is 16.3 Å². The van der Waals surface area contributed by atoms with Gasteiger partial charge in [-0.3, -0.25) is 10.1 Å². The van der Waals surface area contributed by atoms with Gasteiger partial charge in [0.05, 0.1) is 17.6 Å². The number of fused-ring (bicyclic) bond motifs is 1. The Morgan fingerprint density at radius 2 is 2.13 bits per heavy atom. The molecule has 162 valence electrons. The smallest absolute Gasteiger partial charge is 0.407 e. The van der Waals surface area contributed by atoms with Crippen molar-refractivity contribution < 1.29 is 17.9 Å². The van der Waals surface area contributed by atoms with E-state index in [0.717, 1.165) is 30.5 Å². The number of hydrogen-bond acceptors (Lipinski definition) is 7. The fourth-order valence-electron chi connectivity index (χ4n) is 3.89. The molecule has 4 rings (SSSR count). The lowest BCUT2D eigenvalue weighted by molar-refractivity contribution is 0.0981. The van der Waals surface area contributed by atoms with Gasteiger partial charge in [0.1, 0.15) is 6.10 Å². The maximum Gasteiger partial charge on any atom is 0.407 e. The van der Waals surface area contributed by atoms with Crippen molar-refractivity contribution >= 4 is 27.6 Å². The topological polar surface area (TPSA) is 138 Å². The van der Waals surface area contributed by atoms with Crippen molar-refractivity contribution in [1.29, 1.82) is 0 Å². The number of aromatic nitrogens is 3. The first kappa shape index (κ1) is 20.6. The lowest BCUT2D eigenvalue weighted by Gasteiger charge is -2.20. The minimum Gasteiger partial charge on any atom is -0.446 e. The molecular formula is C19H26N6O4S. The Morgan fingerprint density at radius 1 is 1.30 bits per heavy atom. The number of H-pyrrole nitrogens is 1. The molecule has 2 aliphatic rings. The van der Waals surface area contributed by atoms with Crippen LogP contribution in [0, 0.1) is 0 Å². The third kappa shape index (κ3) is 4.73. The molecule has 0 bridgehead atoms. The van der Waals surface area contributed by atoms with E-state index < -0.39 is 10.0 Å². The van der Waals surface area contributed by atoms with Crippen molar-refractivity contribution in [2.75, 3.05) is 5.32 Å². The molecule has 0 aromatic carbocycles. The molecular weight excluding hydrogens is 408 g/mol. The zero-order valence-electron chi connectivity index (χ0n) is 16.9. The number of sulfonamides is 1. The number of rotatable bonds is 5. The zero-order chi connectivity index (χ0) is 21.3. The number of ether oxygens (including phenoxy) is 1. The van der Waals surface area contributed by atoms with Crippen LogP contribution in [-0.2, 0) is 27.1 Å². The second-order valence-corrected chi connectivity index (χ2v) is 9.88. The zero-order valence-corrected chi connectivity index (χ0v) is 17.8. The minimum absolute atomic E-state index is 0.0416. The standard InChI is InChI=1S/C19H26N6O4S/c1-11(2)22-19(26)29-14-4-3-12(5-14)16-6-18(25-24-16)23-17-9-20-7-13-8-21-30(27,28)10-15(13)17/h6-7,9,11-12,14,21H,3-5,8,10H2,1-2H3,(H,22,26)(H2,23,24,25)/t12-,14+/m0/s1. The van der Waals surface area contributed by atoms with Crippen LogP contribution in [0.1, 0.15) is 55.8 Å². The lowest BCUT2D eigenvalue weighted by atomic mass is 10.0. The number of pyridine rings is 1. The van der Waals surface area contributed by atoms with Gasteiger partial charge >= 0.3 is 6.09 Å². The first-order valence-electron chi connectivity index (χ1n) is 10.0. The molecule has 11 heteroatoms. The van der Waals surface area contributed by atoms with E-state index in [0.29, 0.717) is 17.1 Å². The highest BCUT2D eigenvalue weighted by atomic mass is 32.2. The molecule has 30 heavy (non-hydrogen) atoms. The number of alkyl carbamates (subject to hydrolysis) is 1. The number of amides is 1. The van der Waals surface area contributed by atoms with Crippen LogP contribution in [0.3, 0.4) is 0 Å². The molecule has 1 aliphatic heterocycles. The van der Waals surface area contributed by atoms with E-state index in [4.69, 9.17) is 4.74 Å². The van der Waals surface area contributed by atoms with E-state index in [-0.39, 0.29) is 36.5 Å². The minimum atomic E-state index is -3.34. The normalized spacial score (nSPS) is 22.5. The molecule has 1 aliphatic carbocycles. The summed E-state index contributed by atoms with van der Waals surface area (Å²) < 4.78 is 31.9. The van der Waals surface area contributed by atoms with E-state index in [1.54, 1.807) is 12.4 Å². The third-order valence-corrected chi connectivity index (χ3v) is 6.58. The molecule has 0 unspecified atom stereocenters. The van der Waals surface area contributed by atoms with Crippen LogP contribution < -0.4 is 15.4 Å². The fraction of sp³-hybridized carbons (Fsp3) is 0.526. The van der Waals surface area contributed by atoms with Crippen molar-refractivity contribution in [1.82, 2.24) is 25.2 Å². The maximum absolute atomic E-state index is 11.9. The van der Waals surface area contributed by atoms with Gasteiger partial charge in [-0.25, -0.2) is 17.9 Å². The van der Waals surface area contributed by atoms with Crippen molar-refractivity contribution in [2.45, 2.75) is 63.5 Å². The van der Waals surface area contributed by atoms with E-state index in [9.17, 15) is 13.2 Å². The van der Waals surface area contributed by atoms with Gasteiger partial charge in [-0.1, -0.05) is 0 Å². The Bertz CT molecular complexity index is 1040. The number of aromatic amines is 1. The Balaban J connectivity index is 1.41. The number of carbonyl (C=O) groups is 1. The lowest BCUT2D eigenvalue weighted by Crippen LogP contribution is -2.33. The molecule has 10 nitrogen and oxygen atoms in total. The molecule has 4 N–H and O–H groups in total. The van der Waals surface area contributed by atoms with Crippen molar-refractivity contribution in [3.63, 3.8) is 0 Å². The predicted molar refractivity (Wildman–Crippen MR) is 111 cm³/mol. The van der Waals surface area contributed by atoms with Gasteiger partial charge in [0.25, 0.3) is 0 Å². The Hall–Kier alpha value is -2.66. The monoisotopic (exact) mass is 434 g/mol. The Morgan fingerprint density at radius 3 is 2.93 bits per heavy atom. The fourth-order valence-corrected chi connectivity index (χ4v) is 5.09. The average Bonchev–Trinajstić information content (AvgIpc) is 3.30. The number of nitrogens with zero attached hydrogens (tertiary/aromatic N) is 2. The van der Waals surface area contributed by atoms with Crippen LogP contribution in [-0.4, -0.2) is 41.8 Å². The highest BCUT2D eigenvalue weighted by Crippen LogP contribution is 2.36. The van der Waals surface area contributed by atoms with Crippen LogP contribution in [0.25, 0.3) is 0 Å². The van der Waals surface area contributed by atoms with Crippen LogP contribution in [0.5, 0.6) is 0 Å².